The molecule has 0 bridgehead atoms. The fraction of sp³-hybridized carbons (Fsp3) is 0.190. The van der Waals surface area contributed by atoms with E-state index >= 15 is 0 Å². The molecule has 4 rings (SSSR count). The number of aromatic nitrogens is 5. The standard InChI is InChI=1S/C21H22N6/c22-20(16-7-3-1-4-8-16)12-11-18-14-27(26-24-18)15-19-13-21(25-23-19)17-9-5-2-6-10-17/h1-10,13-14,20H,11-12,15,22H2,(H,23,25). The molecule has 136 valence electrons. The summed E-state index contributed by atoms with van der Waals surface area (Å²) in [5.41, 5.74) is 11.4. The van der Waals surface area contributed by atoms with Crippen LogP contribution >= 0.6 is 0 Å². The molecule has 0 radical (unpaired) electrons. The minimum Gasteiger partial charge on any atom is -0.324 e. The van der Waals surface area contributed by atoms with Crippen molar-refractivity contribution >= 4 is 0 Å². The number of nitrogens with two attached hydrogens (primary N) is 1. The van der Waals surface area contributed by atoms with Gasteiger partial charge in [-0.3, -0.25) is 5.10 Å². The second-order valence-electron chi connectivity index (χ2n) is 6.61. The Labute approximate surface area is 158 Å². The van der Waals surface area contributed by atoms with Gasteiger partial charge in [0, 0.05) is 17.8 Å². The van der Waals surface area contributed by atoms with E-state index in [2.05, 4.69) is 32.6 Å². The first-order valence-electron chi connectivity index (χ1n) is 9.07. The topological polar surface area (TPSA) is 85.4 Å². The van der Waals surface area contributed by atoms with E-state index in [1.54, 1.807) is 0 Å². The number of benzene rings is 2. The monoisotopic (exact) mass is 358 g/mol. The molecule has 0 aliphatic carbocycles. The van der Waals surface area contributed by atoms with E-state index in [4.69, 9.17) is 5.73 Å². The molecule has 0 saturated heterocycles. The highest BCUT2D eigenvalue weighted by molar-refractivity contribution is 5.58. The average Bonchev–Trinajstić information content (AvgIpc) is 3.37. The maximum atomic E-state index is 6.26. The highest BCUT2D eigenvalue weighted by Gasteiger charge is 2.09. The lowest BCUT2D eigenvalue weighted by molar-refractivity contribution is 0.632. The summed E-state index contributed by atoms with van der Waals surface area (Å²) in [4.78, 5) is 0. The predicted octanol–water partition coefficient (Wildman–Crippen LogP) is 3.35. The number of H-pyrrole nitrogens is 1. The van der Waals surface area contributed by atoms with Gasteiger partial charge >= 0.3 is 0 Å². The Morgan fingerprint density at radius 3 is 2.52 bits per heavy atom. The lowest BCUT2D eigenvalue weighted by Gasteiger charge is -2.10. The van der Waals surface area contributed by atoms with Crippen molar-refractivity contribution in [2.75, 3.05) is 0 Å². The zero-order valence-corrected chi connectivity index (χ0v) is 15.0. The number of nitrogens with one attached hydrogen (secondary N) is 1. The van der Waals surface area contributed by atoms with Gasteiger partial charge < -0.3 is 5.73 Å². The van der Waals surface area contributed by atoms with E-state index in [0.29, 0.717) is 6.54 Å². The Morgan fingerprint density at radius 2 is 1.74 bits per heavy atom. The van der Waals surface area contributed by atoms with Crippen LogP contribution in [-0.4, -0.2) is 25.2 Å². The second-order valence-corrected chi connectivity index (χ2v) is 6.61. The summed E-state index contributed by atoms with van der Waals surface area (Å²) in [5, 5.41) is 15.9. The fourth-order valence-corrected chi connectivity index (χ4v) is 3.07. The highest BCUT2D eigenvalue weighted by atomic mass is 15.4. The zero-order chi connectivity index (χ0) is 18.5. The molecule has 6 heteroatoms. The number of aryl methyl sites for hydroxylation is 1. The molecule has 1 unspecified atom stereocenters. The second kappa shape index (κ2) is 7.97. The Kier molecular flexibility index (Phi) is 5.07. The first-order chi connectivity index (χ1) is 13.3. The molecule has 1 atom stereocenters. The van der Waals surface area contributed by atoms with E-state index in [9.17, 15) is 0 Å². The van der Waals surface area contributed by atoms with E-state index in [0.717, 1.165) is 41.1 Å². The Bertz CT molecular complexity index is 974. The maximum Gasteiger partial charge on any atom is 0.0924 e. The van der Waals surface area contributed by atoms with E-state index in [1.165, 1.54) is 0 Å². The van der Waals surface area contributed by atoms with E-state index in [1.807, 2.05) is 65.5 Å². The summed E-state index contributed by atoms with van der Waals surface area (Å²) in [5.74, 6) is 0. The number of hydrogen-bond acceptors (Lipinski definition) is 4. The van der Waals surface area contributed by atoms with Gasteiger partial charge in [0.15, 0.2) is 0 Å². The molecule has 27 heavy (non-hydrogen) atoms. The van der Waals surface area contributed by atoms with Crippen molar-refractivity contribution in [3.05, 3.63) is 89.9 Å². The van der Waals surface area contributed by atoms with Gasteiger partial charge in [0.1, 0.15) is 0 Å². The first kappa shape index (κ1) is 17.2. The molecule has 0 saturated carbocycles. The van der Waals surface area contributed by atoms with Crippen LogP contribution in [0, 0.1) is 0 Å². The third kappa shape index (κ3) is 4.30. The molecule has 2 aromatic carbocycles. The quantitative estimate of drug-likeness (QED) is 0.530. The minimum absolute atomic E-state index is 0.0115. The molecular formula is C21H22N6. The Hall–Kier alpha value is -3.25. The van der Waals surface area contributed by atoms with E-state index in [-0.39, 0.29) is 6.04 Å². The maximum absolute atomic E-state index is 6.26. The molecular weight excluding hydrogens is 336 g/mol. The highest BCUT2D eigenvalue weighted by Crippen LogP contribution is 2.18. The molecule has 3 N–H and O–H groups in total. The molecule has 2 aromatic heterocycles. The van der Waals surface area contributed by atoms with Gasteiger partial charge in [-0.05, 0) is 24.5 Å². The summed E-state index contributed by atoms with van der Waals surface area (Å²) in [6, 6.07) is 22.3. The predicted molar refractivity (Wildman–Crippen MR) is 105 cm³/mol. The SMILES string of the molecule is NC(CCc1cn(Cc2cc(-c3ccccc3)n[nH]2)nn1)c1ccccc1. The van der Waals surface area contributed by atoms with Crippen LogP contribution in [-0.2, 0) is 13.0 Å². The molecule has 0 aliphatic rings. The van der Waals surface area contributed by atoms with Gasteiger partial charge in [-0.25, -0.2) is 4.68 Å². The van der Waals surface area contributed by atoms with Crippen LogP contribution in [0.25, 0.3) is 11.3 Å². The first-order valence-corrected chi connectivity index (χ1v) is 9.07. The minimum atomic E-state index is 0.0115. The normalized spacial score (nSPS) is 12.2. The van der Waals surface area contributed by atoms with Gasteiger partial charge in [0.2, 0.25) is 0 Å². The van der Waals surface area contributed by atoms with Crippen LogP contribution < -0.4 is 5.73 Å². The molecule has 6 nitrogen and oxygen atoms in total. The third-order valence-electron chi connectivity index (χ3n) is 4.56. The number of hydrogen-bond donors (Lipinski definition) is 2. The van der Waals surface area contributed by atoms with Gasteiger partial charge in [-0.15, -0.1) is 5.10 Å². The molecule has 0 fully saturated rings. The fourth-order valence-electron chi connectivity index (χ4n) is 3.07. The van der Waals surface area contributed by atoms with Crippen LogP contribution in [0.4, 0.5) is 0 Å². The average molecular weight is 358 g/mol. The zero-order valence-electron chi connectivity index (χ0n) is 15.0. The van der Waals surface area contributed by atoms with Crippen molar-refractivity contribution in [3.63, 3.8) is 0 Å². The van der Waals surface area contributed by atoms with Crippen LogP contribution in [0.1, 0.15) is 29.4 Å². The Balaban J connectivity index is 1.35. The van der Waals surface area contributed by atoms with Crippen molar-refractivity contribution in [1.29, 1.82) is 0 Å². The van der Waals surface area contributed by atoms with Crippen LogP contribution in [0.5, 0.6) is 0 Å². The van der Waals surface area contributed by atoms with Crippen molar-refractivity contribution in [3.8, 4) is 11.3 Å². The summed E-state index contributed by atoms with van der Waals surface area (Å²) < 4.78 is 1.83. The van der Waals surface area contributed by atoms with Gasteiger partial charge in [0.05, 0.1) is 23.6 Å². The molecule has 0 aliphatic heterocycles. The van der Waals surface area contributed by atoms with Crippen LogP contribution in [0.2, 0.25) is 0 Å². The van der Waals surface area contributed by atoms with Gasteiger partial charge in [-0.1, -0.05) is 65.9 Å². The lowest BCUT2D eigenvalue weighted by Crippen LogP contribution is -2.11. The van der Waals surface area contributed by atoms with Crippen molar-refractivity contribution in [1.82, 2.24) is 25.2 Å². The number of nitrogens with zero attached hydrogens (tertiary/aromatic N) is 4. The number of rotatable bonds is 7. The Morgan fingerprint density at radius 1 is 1.00 bits per heavy atom. The van der Waals surface area contributed by atoms with Crippen LogP contribution in [0.3, 0.4) is 0 Å². The molecule has 0 amide bonds. The lowest BCUT2D eigenvalue weighted by atomic mass is 10.0. The summed E-state index contributed by atoms with van der Waals surface area (Å²) >= 11 is 0. The molecule has 2 heterocycles. The van der Waals surface area contributed by atoms with Crippen molar-refractivity contribution in [2.45, 2.75) is 25.4 Å². The molecule has 0 spiro atoms. The third-order valence-corrected chi connectivity index (χ3v) is 4.56. The summed E-state index contributed by atoms with van der Waals surface area (Å²) in [6.45, 7) is 0.609. The summed E-state index contributed by atoms with van der Waals surface area (Å²) in [7, 11) is 0. The van der Waals surface area contributed by atoms with Crippen molar-refractivity contribution < 1.29 is 0 Å². The van der Waals surface area contributed by atoms with Gasteiger partial charge in [-0.2, -0.15) is 5.10 Å². The summed E-state index contributed by atoms with van der Waals surface area (Å²) in [6.07, 6.45) is 3.61. The van der Waals surface area contributed by atoms with Crippen LogP contribution in [0.15, 0.2) is 72.9 Å². The largest absolute Gasteiger partial charge is 0.324 e. The number of aromatic amines is 1. The van der Waals surface area contributed by atoms with Gasteiger partial charge in [0.25, 0.3) is 0 Å². The van der Waals surface area contributed by atoms with E-state index < -0.39 is 0 Å². The smallest absolute Gasteiger partial charge is 0.0924 e. The van der Waals surface area contributed by atoms with Crippen molar-refractivity contribution in [2.24, 2.45) is 5.73 Å². The molecule has 4 aromatic rings.